The highest BCUT2D eigenvalue weighted by molar-refractivity contribution is 5.71. The zero-order valence-electron chi connectivity index (χ0n) is 11.2. The summed E-state index contributed by atoms with van der Waals surface area (Å²) in [6, 6.07) is 7.71. The molecular weight excluding hydrogens is 246 g/mol. The van der Waals surface area contributed by atoms with Gasteiger partial charge < -0.3 is 14.6 Å². The molecule has 1 aliphatic rings. The lowest BCUT2D eigenvalue weighted by atomic mass is 10.0. The highest BCUT2D eigenvalue weighted by Crippen LogP contribution is 2.21. The first kappa shape index (κ1) is 13.8. The Balaban J connectivity index is 2.03. The monoisotopic (exact) mass is 265 g/mol. The SMILES string of the molecule is COc1cccc(CN(C)C2COCC2C(=O)O)c1. The van der Waals surface area contributed by atoms with Gasteiger partial charge in [0.1, 0.15) is 5.75 Å². The van der Waals surface area contributed by atoms with Crippen LogP contribution in [-0.4, -0.2) is 49.4 Å². The summed E-state index contributed by atoms with van der Waals surface area (Å²) in [5.74, 6) is -0.432. The number of carboxylic acid groups (broad SMARTS) is 1. The molecule has 0 aliphatic carbocycles. The highest BCUT2D eigenvalue weighted by Gasteiger charge is 2.36. The number of hydrogen-bond acceptors (Lipinski definition) is 4. The van der Waals surface area contributed by atoms with Gasteiger partial charge >= 0.3 is 5.97 Å². The van der Waals surface area contributed by atoms with Crippen LogP contribution in [0.1, 0.15) is 5.56 Å². The van der Waals surface area contributed by atoms with E-state index >= 15 is 0 Å². The third kappa shape index (κ3) is 3.24. The Morgan fingerprint density at radius 3 is 3.00 bits per heavy atom. The third-order valence-corrected chi connectivity index (χ3v) is 3.50. The Hall–Kier alpha value is -1.59. The van der Waals surface area contributed by atoms with Crippen molar-refractivity contribution in [2.45, 2.75) is 12.6 Å². The number of nitrogens with zero attached hydrogens (tertiary/aromatic N) is 1. The van der Waals surface area contributed by atoms with Crippen molar-refractivity contribution in [1.82, 2.24) is 4.90 Å². The smallest absolute Gasteiger partial charge is 0.310 e. The van der Waals surface area contributed by atoms with Crippen LogP contribution in [0.4, 0.5) is 0 Å². The molecule has 1 aliphatic heterocycles. The van der Waals surface area contributed by atoms with Gasteiger partial charge in [-0.05, 0) is 24.7 Å². The summed E-state index contributed by atoms with van der Waals surface area (Å²) in [7, 11) is 3.56. The molecular formula is C14H19NO4. The second kappa shape index (κ2) is 6.04. The summed E-state index contributed by atoms with van der Waals surface area (Å²) < 4.78 is 10.5. The maximum atomic E-state index is 11.1. The van der Waals surface area contributed by atoms with E-state index < -0.39 is 11.9 Å². The lowest BCUT2D eigenvalue weighted by molar-refractivity contribution is -0.143. The van der Waals surface area contributed by atoms with E-state index in [-0.39, 0.29) is 6.04 Å². The molecule has 0 aromatic heterocycles. The van der Waals surface area contributed by atoms with Crippen molar-refractivity contribution < 1.29 is 19.4 Å². The van der Waals surface area contributed by atoms with Crippen molar-refractivity contribution >= 4 is 5.97 Å². The summed E-state index contributed by atoms with van der Waals surface area (Å²) >= 11 is 0. The second-order valence-electron chi connectivity index (χ2n) is 4.82. The molecule has 1 aromatic carbocycles. The number of hydrogen-bond donors (Lipinski definition) is 1. The maximum Gasteiger partial charge on any atom is 0.310 e. The molecule has 2 unspecified atom stereocenters. The number of carboxylic acids is 1. The van der Waals surface area contributed by atoms with Crippen molar-refractivity contribution in [1.29, 1.82) is 0 Å². The van der Waals surface area contributed by atoms with Crippen LogP contribution in [0.3, 0.4) is 0 Å². The maximum absolute atomic E-state index is 11.1. The van der Waals surface area contributed by atoms with Crippen LogP contribution < -0.4 is 4.74 Å². The van der Waals surface area contributed by atoms with Crippen LogP contribution in [0.5, 0.6) is 5.75 Å². The normalized spacial score (nSPS) is 22.7. The molecule has 104 valence electrons. The van der Waals surface area contributed by atoms with Crippen molar-refractivity contribution in [3.05, 3.63) is 29.8 Å². The number of carbonyl (C=O) groups is 1. The van der Waals surface area contributed by atoms with Gasteiger partial charge in [0.2, 0.25) is 0 Å². The number of benzene rings is 1. The predicted molar refractivity (Wildman–Crippen MR) is 70.2 cm³/mol. The molecule has 1 saturated heterocycles. The number of methoxy groups -OCH3 is 1. The van der Waals surface area contributed by atoms with Gasteiger partial charge in [-0.1, -0.05) is 12.1 Å². The fourth-order valence-corrected chi connectivity index (χ4v) is 2.39. The lowest BCUT2D eigenvalue weighted by Crippen LogP contribution is -2.40. The quantitative estimate of drug-likeness (QED) is 0.867. The van der Waals surface area contributed by atoms with E-state index in [2.05, 4.69) is 0 Å². The Morgan fingerprint density at radius 1 is 1.53 bits per heavy atom. The number of likely N-dealkylation sites (N-methyl/N-ethyl adjacent to an activating group) is 1. The number of ether oxygens (including phenoxy) is 2. The average Bonchev–Trinajstić information content (AvgIpc) is 2.88. The minimum Gasteiger partial charge on any atom is -0.497 e. The second-order valence-corrected chi connectivity index (χ2v) is 4.82. The molecule has 0 spiro atoms. The molecule has 1 aromatic rings. The van der Waals surface area contributed by atoms with Crippen molar-refractivity contribution in [2.75, 3.05) is 27.4 Å². The number of aliphatic carboxylic acids is 1. The van der Waals surface area contributed by atoms with E-state index in [9.17, 15) is 4.79 Å². The highest BCUT2D eigenvalue weighted by atomic mass is 16.5. The topological polar surface area (TPSA) is 59.0 Å². The van der Waals surface area contributed by atoms with Crippen LogP contribution in [0.15, 0.2) is 24.3 Å². The predicted octanol–water partition coefficient (Wildman–Crippen LogP) is 1.23. The van der Waals surface area contributed by atoms with Crippen LogP contribution in [0.2, 0.25) is 0 Å². The molecule has 2 atom stereocenters. The van der Waals surface area contributed by atoms with Crippen LogP contribution >= 0.6 is 0 Å². The molecule has 5 heteroatoms. The summed E-state index contributed by atoms with van der Waals surface area (Å²) in [6.45, 7) is 1.44. The molecule has 0 bridgehead atoms. The minimum absolute atomic E-state index is 0.0799. The van der Waals surface area contributed by atoms with Gasteiger partial charge in [0.05, 0.1) is 26.2 Å². The first-order chi connectivity index (χ1) is 9.11. The van der Waals surface area contributed by atoms with Gasteiger partial charge in [-0.3, -0.25) is 9.69 Å². The minimum atomic E-state index is -0.792. The van der Waals surface area contributed by atoms with Gasteiger partial charge in [-0.15, -0.1) is 0 Å². The van der Waals surface area contributed by atoms with E-state index in [0.717, 1.165) is 11.3 Å². The van der Waals surface area contributed by atoms with Gasteiger partial charge in [0.15, 0.2) is 0 Å². The molecule has 1 fully saturated rings. The van der Waals surface area contributed by atoms with E-state index in [1.807, 2.05) is 36.2 Å². The van der Waals surface area contributed by atoms with Crippen molar-refractivity contribution in [3.63, 3.8) is 0 Å². The Morgan fingerprint density at radius 2 is 2.32 bits per heavy atom. The summed E-state index contributed by atoms with van der Waals surface area (Å²) in [4.78, 5) is 13.2. The zero-order chi connectivity index (χ0) is 13.8. The fourth-order valence-electron chi connectivity index (χ4n) is 2.39. The first-order valence-corrected chi connectivity index (χ1v) is 6.25. The zero-order valence-corrected chi connectivity index (χ0v) is 11.2. The largest absolute Gasteiger partial charge is 0.497 e. The van der Waals surface area contributed by atoms with Crippen LogP contribution in [0.25, 0.3) is 0 Å². The van der Waals surface area contributed by atoms with E-state index in [1.165, 1.54) is 0 Å². The first-order valence-electron chi connectivity index (χ1n) is 6.25. The molecule has 19 heavy (non-hydrogen) atoms. The Labute approximate surface area is 112 Å². The summed E-state index contributed by atoms with van der Waals surface area (Å²) in [5, 5.41) is 9.15. The molecule has 2 rings (SSSR count). The fraction of sp³-hybridized carbons (Fsp3) is 0.500. The lowest BCUT2D eigenvalue weighted by Gasteiger charge is -2.26. The Bertz CT molecular complexity index is 449. The molecule has 0 amide bonds. The molecule has 5 nitrogen and oxygen atoms in total. The summed E-state index contributed by atoms with van der Waals surface area (Å²) in [5.41, 5.74) is 1.10. The summed E-state index contributed by atoms with van der Waals surface area (Å²) in [6.07, 6.45) is 0. The molecule has 1 N–H and O–H groups in total. The van der Waals surface area contributed by atoms with Crippen molar-refractivity contribution in [3.8, 4) is 5.75 Å². The average molecular weight is 265 g/mol. The van der Waals surface area contributed by atoms with Crippen LogP contribution in [-0.2, 0) is 16.1 Å². The standard InChI is InChI=1S/C14H19NO4/c1-15(13-9-19-8-12(13)14(16)17)7-10-4-3-5-11(6-10)18-2/h3-6,12-13H,7-9H2,1-2H3,(H,16,17). The van der Waals surface area contributed by atoms with E-state index in [0.29, 0.717) is 19.8 Å². The van der Waals surface area contributed by atoms with Gasteiger partial charge in [0, 0.05) is 12.6 Å². The molecule has 1 heterocycles. The molecule has 0 radical (unpaired) electrons. The van der Waals surface area contributed by atoms with Crippen LogP contribution in [0, 0.1) is 5.92 Å². The van der Waals surface area contributed by atoms with E-state index in [4.69, 9.17) is 14.6 Å². The molecule has 0 saturated carbocycles. The number of rotatable bonds is 5. The third-order valence-electron chi connectivity index (χ3n) is 3.50. The van der Waals surface area contributed by atoms with Gasteiger partial charge in [0.25, 0.3) is 0 Å². The van der Waals surface area contributed by atoms with Gasteiger partial charge in [-0.25, -0.2) is 0 Å². The Kier molecular flexibility index (Phi) is 4.39. The van der Waals surface area contributed by atoms with Gasteiger partial charge in [-0.2, -0.15) is 0 Å². The van der Waals surface area contributed by atoms with E-state index in [1.54, 1.807) is 7.11 Å². The van der Waals surface area contributed by atoms with Crippen molar-refractivity contribution in [2.24, 2.45) is 5.92 Å².